The Morgan fingerprint density at radius 2 is 1.65 bits per heavy atom. The molecule has 0 amide bonds. The Bertz CT molecular complexity index is 468. The first kappa shape index (κ1) is 19.0. The molecule has 6 nitrogen and oxygen atoms in total. The molecular weight excluding hydrogens is 300 g/mol. The van der Waals surface area contributed by atoms with Crippen LogP contribution < -0.4 is 0 Å². The lowest BCUT2D eigenvalue weighted by Gasteiger charge is -2.04. The highest BCUT2D eigenvalue weighted by Crippen LogP contribution is 2.08. The molecule has 0 fully saturated rings. The van der Waals surface area contributed by atoms with Gasteiger partial charge in [0, 0.05) is 0 Å². The Balaban J connectivity index is 2.19. The average molecular weight is 324 g/mol. The summed E-state index contributed by atoms with van der Waals surface area (Å²) in [5.41, 5.74) is 1.44. The first-order chi connectivity index (χ1) is 11.2. The van der Waals surface area contributed by atoms with Gasteiger partial charge in [0.05, 0.1) is 17.2 Å². The summed E-state index contributed by atoms with van der Waals surface area (Å²) in [4.78, 5) is 31.4. The van der Waals surface area contributed by atoms with Crippen molar-refractivity contribution in [2.75, 3.05) is 6.61 Å². The van der Waals surface area contributed by atoms with Crippen LogP contribution in [0.25, 0.3) is 0 Å². The molecule has 1 aromatic rings. The average Bonchev–Trinajstić information content (AvgIpc) is 2.55. The van der Waals surface area contributed by atoms with Gasteiger partial charge in [-0.25, -0.2) is 14.5 Å². The number of ether oxygens (including phenoxy) is 1. The van der Waals surface area contributed by atoms with Crippen molar-refractivity contribution in [1.29, 1.82) is 0 Å². The minimum atomic E-state index is -1.03. The van der Waals surface area contributed by atoms with E-state index in [0.717, 1.165) is 44.1 Å². The molecule has 0 aliphatic rings. The van der Waals surface area contributed by atoms with Crippen LogP contribution in [0.1, 0.15) is 61.9 Å². The molecule has 0 N–H and O–H groups in total. The summed E-state index contributed by atoms with van der Waals surface area (Å²) in [6.07, 6.45) is 4.86. The third-order valence-electron chi connectivity index (χ3n) is 3.16. The summed E-state index contributed by atoms with van der Waals surface area (Å²) in [5, 5.41) is 4.14. The zero-order valence-electron chi connectivity index (χ0n) is 13.7. The lowest BCUT2D eigenvalue weighted by atomic mass is 10.1. The van der Waals surface area contributed by atoms with Gasteiger partial charge in [0.1, 0.15) is 0 Å². The van der Waals surface area contributed by atoms with Gasteiger partial charge in [-0.15, -0.1) is 0 Å². The lowest BCUT2D eigenvalue weighted by molar-refractivity contribution is -0.452. The van der Waals surface area contributed by atoms with E-state index in [4.69, 9.17) is 4.74 Å². The topological polar surface area (TPSA) is 71.1 Å². The van der Waals surface area contributed by atoms with E-state index in [9.17, 15) is 9.59 Å². The van der Waals surface area contributed by atoms with E-state index < -0.39 is 12.1 Å². The molecule has 128 valence electrons. The van der Waals surface area contributed by atoms with Gasteiger partial charge < -0.3 is 4.74 Å². The van der Waals surface area contributed by atoms with Crippen LogP contribution in [0.5, 0.6) is 0 Å². The number of carbonyl (C=O) groups is 2. The van der Waals surface area contributed by atoms with Crippen molar-refractivity contribution in [2.45, 2.75) is 52.4 Å². The monoisotopic (exact) mass is 324 g/mol. The van der Waals surface area contributed by atoms with Gasteiger partial charge in [0.15, 0.2) is 0 Å². The van der Waals surface area contributed by atoms with Gasteiger partial charge >= 0.3 is 12.1 Å². The van der Waals surface area contributed by atoms with Crippen molar-refractivity contribution in [3.8, 4) is 0 Å². The molecule has 1 rings (SSSR count). The molecule has 0 saturated heterocycles. The highest BCUT2D eigenvalue weighted by molar-refractivity contribution is 5.88. The van der Waals surface area contributed by atoms with E-state index in [1.54, 1.807) is 12.1 Å². The predicted molar refractivity (Wildman–Crippen MR) is 83.5 cm³/mol. The molecular formula is C17H24O6. The minimum absolute atomic E-state index is 0.245. The van der Waals surface area contributed by atoms with Crippen molar-refractivity contribution in [2.24, 2.45) is 0 Å². The van der Waals surface area contributed by atoms with E-state index >= 15 is 0 Å². The van der Waals surface area contributed by atoms with Crippen LogP contribution in [0.3, 0.4) is 0 Å². The molecule has 23 heavy (non-hydrogen) atoms. The SMILES string of the molecule is CCCCCCOC(=O)OOOC(=O)c1ccc(CCC)cc1. The molecule has 0 radical (unpaired) electrons. The largest absolute Gasteiger partial charge is 0.543 e. The van der Waals surface area contributed by atoms with Gasteiger partial charge in [-0.05, 0) is 30.5 Å². The summed E-state index contributed by atoms with van der Waals surface area (Å²) in [5.74, 6) is -0.746. The van der Waals surface area contributed by atoms with Crippen LogP contribution in [-0.2, 0) is 26.0 Å². The molecule has 0 atom stereocenters. The minimum Gasteiger partial charge on any atom is -0.432 e. The molecule has 0 bridgehead atoms. The standard InChI is InChI=1S/C17H24O6/c1-3-5-6-7-13-20-17(19)22-23-21-16(18)15-11-9-14(8-4-2)10-12-15/h9-12H,3-8,13H2,1-2H3. The Labute approximate surface area is 136 Å². The highest BCUT2D eigenvalue weighted by atomic mass is 17.5. The molecule has 0 aliphatic carbocycles. The van der Waals surface area contributed by atoms with Crippen molar-refractivity contribution in [1.82, 2.24) is 0 Å². The van der Waals surface area contributed by atoms with Crippen LogP contribution in [-0.4, -0.2) is 18.7 Å². The Morgan fingerprint density at radius 1 is 0.913 bits per heavy atom. The predicted octanol–water partition coefficient (Wildman–Crippen LogP) is 4.38. The molecule has 0 aromatic heterocycles. The van der Waals surface area contributed by atoms with E-state index in [-0.39, 0.29) is 6.61 Å². The number of aryl methyl sites for hydroxylation is 1. The van der Waals surface area contributed by atoms with Crippen molar-refractivity contribution >= 4 is 12.1 Å². The number of benzene rings is 1. The number of hydrogen-bond donors (Lipinski definition) is 0. The fraction of sp³-hybridized carbons (Fsp3) is 0.529. The summed E-state index contributed by atoms with van der Waals surface area (Å²) >= 11 is 0. The van der Waals surface area contributed by atoms with Crippen molar-refractivity contribution in [3.63, 3.8) is 0 Å². The Morgan fingerprint density at radius 3 is 2.30 bits per heavy atom. The van der Waals surface area contributed by atoms with E-state index in [1.165, 1.54) is 0 Å². The first-order valence-electron chi connectivity index (χ1n) is 7.98. The summed E-state index contributed by atoms with van der Waals surface area (Å²) in [7, 11) is 0. The van der Waals surface area contributed by atoms with Gasteiger partial charge in [-0.2, -0.15) is 0 Å². The lowest BCUT2D eigenvalue weighted by Crippen LogP contribution is -2.12. The van der Waals surface area contributed by atoms with Crippen molar-refractivity contribution < 1.29 is 29.1 Å². The third kappa shape index (κ3) is 8.21. The van der Waals surface area contributed by atoms with Crippen LogP contribution >= 0.6 is 0 Å². The maximum atomic E-state index is 11.6. The second kappa shape index (κ2) is 11.5. The zero-order chi connectivity index (χ0) is 16.9. The normalized spacial score (nSPS) is 10.2. The smallest absolute Gasteiger partial charge is 0.432 e. The fourth-order valence-corrected chi connectivity index (χ4v) is 1.93. The quantitative estimate of drug-likeness (QED) is 0.275. The molecule has 0 aliphatic heterocycles. The van der Waals surface area contributed by atoms with Crippen LogP contribution in [0, 0.1) is 0 Å². The van der Waals surface area contributed by atoms with Gasteiger partial charge in [-0.1, -0.05) is 51.7 Å². The van der Waals surface area contributed by atoms with E-state index in [0.29, 0.717) is 5.56 Å². The summed E-state index contributed by atoms with van der Waals surface area (Å²) in [6.45, 7) is 4.42. The highest BCUT2D eigenvalue weighted by Gasteiger charge is 2.12. The zero-order valence-corrected chi connectivity index (χ0v) is 13.7. The molecule has 1 aromatic carbocycles. The molecule has 0 heterocycles. The van der Waals surface area contributed by atoms with Gasteiger partial charge in [0.2, 0.25) is 0 Å². The van der Waals surface area contributed by atoms with Crippen molar-refractivity contribution in [3.05, 3.63) is 35.4 Å². The van der Waals surface area contributed by atoms with Crippen LogP contribution in [0.4, 0.5) is 4.79 Å². The van der Waals surface area contributed by atoms with Gasteiger partial charge in [0.25, 0.3) is 0 Å². The maximum absolute atomic E-state index is 11.6. The number of unbranched alkanes of at least 4 members (excludes halogenated alkanes) is 3. The summed E-state index contributed by atoms with van der Waals surface area (Å²) < 4.78 is 4.74. The van der Waals surface area contributed by atoms with Gasteiger partial charge in [-0.3, -0.25) is 4.89 Å². The third-order valence-corrected chi connectivity index (χ3v) is 3.16. The van der Waals surface area contributed by atoms with E-state index in [2.05, 4.69) is 28.7 Å². The number of carbonyl (C=O) groups excluding carboxylic acids is 2. The molecule has 0 spiro atoms. The Hall–Kier alpha value is -2.08. The Kier molecular flexibility index (Phi) is 9.47. The fourth-order valence-electron chi connectivity index (χ4n) is 1.93. The second-order valence-electron chi connectivity index (χ2n) is 5.13. The van der Waals surface area contributed by atoms with Crippen LogP contribution in [0.2, 0.25) is 0 Å². The molecule has 0 saturated carbocycles. The second-order valence-corrected chi connectivity index (χ2v) is 5.13. The van der Waals surface area contributed by atoms with E-state index in [1.807, 2.05) is 12.1 Å². The number of rotatable bonds is 10. The molecule has 0 unspecified atom stereocenters. The number of hydrogen-bond acceptors (Lipinski definition) is 6. The maximum Gasteiger partial charge on any atom is 0.543 e. The molecule has 6 heteroatoms. The van der Waals surface area contributed by atoms with Crippen LogP contribution in [0.15, 0.2) is 24.3 Å². The summed E-state index contributed by atoms with van der Waals surface area (Å²) in [6, 6.07) is 6.93. The first-order valence-corrected chi connectivity index (χ1v) is 7.98.